The maximum Gasteiger partial charge on any atom is 0.0331 e. The lowest BCUT2D eigenvalue weighted by molar-refractivity contribution is 0.0241. The van der Waals surface area contributed by atoms with E-state index in [9.17, 15) is 0 Å². The van der Waals surface area contributed by atoms with Gasteiger partial charge in [0.05, 0.1) is 0 Å². The minimum Gasteiger partial charge on any atom is -0.329 e. The largest absolute Gasteiger partial charge is 0.329 e. The molecule has 0 bridgehead atoms. The van der Waals surface area contributed by atoms with Crippen molar-refractivity contribution in [2.75, 3.05) is 20.1 Å². The molecule has 2 unspecified atom stereocenters. The summed E-state index contributed by atoms with van der Waals surface area (Å²) in [5, 5.41) is 0. The summed E-state index contributed by atoms with van der Waals surface area (Å²) in [6.45, 7) is 13.6. The minimum absolute atomic E-state index is 0.250. The second kappa shape index (κ2) is 5.92. The maximum absolute atomic E-state index is 6.18. The highest BCUT2D eigenvalue weighted by atomic mass is 15.2. The van der Waals surface area contributed by atoms with Gasteiger partial charge in [-0.2, -0.15) is 0 Å². The molecule has 1 aliphatic rings. The highest BCUT2D eigenvalue weighted by Crippen LogP contribution is 2.39. The molecule has 18 heavy (non-hydrogen) atoms. The zero-order valence-corrected chi connectivity index (χ0v) is 13.4. The zero-order chi connectivity index (χ0) is 14.0. The topological polar surface area (TPSA) is 29.3 Å². The van der Waals surface area contributed by atoms with Gasteiger partial charge in [0, 0.05) is 18.6 Å². The maximum atomic E-state index is 6.18. The van der Waals surface area contributed by atoms with Crippen LogP contribution in [-0.4, -0.2) is 30.6 Å². The molecule has 108 valence electrons. The van der Waals surface area contributed by atoms with Crippen LogP contribution < -0.4 is 5.73 Å². The Balaban J connectivity index is 2.78. The van der Waals surface area contributed by atoms with E-state index in [-0.39, 0.29) is 5.54 Å². The fraction of sp³-hybridized carbons (Fsp3) is 1.00. The Labute approximate surface area is 114 Å². The summed E-state index contributed by atoms with van der Waals surface area (Å²) in [5.74, 6) is 1.64. The van der Waals surface area contributed by atoms with Gasteiger partial charge in [-0.05, 0) is 37.1 Å². The molecular weight excluding hydrogens is 220 g/mol. The van der Waals surface area contributed by atoms with Crippen LogP contribution in [0.4, 0.5) is 0 Å². The molecule has 0 saturated heterocycles. The Kier molecular flexibility index (Phi) is 5.25. The molecule has 0 aliphatic heterocycles. The average molecular weight is 254 g/mol. The molecule has 2 N–H and O–H groups in total. The lowest BCUT2D eigenvalue weighted by atomic mass is 9.70. The van der Waals surface area contributed by atoms with Gasteiger partial charge in [-0.1, -0.05) is 47.5 Å². The van der Waals surface area contributed by atoms with E-state index in [4.69, 9.17) is 5.73 Å². The molecule has 1 aliphatic carbocycles. The predicted octanol–water partition coefficient (Wildman–Crippen LogP) is 3.51. The molecule has 0 radical (unpaired) electrons. The van der Waals surface area contributed by atoms with Gasteiger partial charge in [-0.15, -0.1) is 0 Å². The normalized spacial score (nSPS) is 30.2. The van der Waals surface area contributed by atoms with Crippen molar-refractivity contribution in [1.82, 2.24) is 4.90 Å². The van der Waals surface area contributed by atoms with Crippen LogP contribution in [-0.2, 0) is 0 Å². The predicted molar refractivity (Wildman–Crippen MR) is 80.7 cm³/mol. The van der Waals surface area contributed by atoms with Crippen LogP contribution in [0.5, 0.6) is 0 Å². The van der Waals surface area contributed by atoms with Crippen LogP contribution in [0.25, 0.3) is 0 Å². The second-order valence-electron chi connectivity index (χ2n) is 7.95. The number of hydrogen-bond acceptors (Lipinski definition) is 2. The Hall–Kier alpha value is -0.0800. The molecule has 1 saturated carbocycles. The van der Waals surface area contributed by atoms with Gasteiger partial charge in [-0.25, -0.2) is 0 Å². The van der Waals surface area contributed by atoms with E-state index >= 15 is 0 Å². The third-order valence-corrected chi connectivity index (χ3v) is 4.70. The summed E-state index contributed by atoms with van der Waals surface area (Å²) >= 11 is 0. The van der Waals surface area contributed by atoms with Gasteiger partial charge in [0.25, 0.3) is 0 Å². The van der Waals surface area contributed by atoms with Crippen molar-refractivity contribution in [1.29, 1.82) is 0 Å². The van der Waals surface area contributed by atoms with Crippen molar-refractivity contribution in [3.8, 4) is 0 Å². The third-order valence-electron chi connectivity index (χ3n) is 4.70. The van der Waals surface area contributed by atoms with Gasteiger partial charge in [0.2, 0.25) is 0 Å². The standard InChI is InChI=1S/C16H34N2/c1-13(2)14-8-7-9-16(10-14,11-17)18(6)12-15(3,4)5/h13-14H,7-12,17H2,1-6H3. The van der Waals surface area contributed by atoms with Crippen molar-refractivity contribution in [2.45, 2.75) is 65.8 Å². The number of likely N-dealkylation sites (N-methyl/N-ethyl adjacent to an activating group) is 1. The quantitative estimate of drug-likeness (QED) is 0.832. The summed E-state index contributed by atoms with van der Waals surface area (Å²) in [7, 11) is 2.28. The molecular formula is C16H34N2. The molecule has 0 heterocycles. The Morgan fingerprint density at radius 2 is 1.94 bits per heavy atom. The van der Waals surface area contributed by atoms with Gasteiger partial charge >= 0.3 is 0 Å². The smallest absolute Gasteiger partial charge is 0.0331 e. The number of nitrogens with two attached hydrogens (primary N) is 1. The average Bonchev–Trinajstić information content (AvgIpc) is 2.26. The van der Waals surface area contributed by atoms with Gasteiger partial charge in [-0.3, -0.25) is 4.90 Å². The Morgan fingerprint density at radius 3 is 2.39 bits per heavy atom. The summed E-state index contributed by atoms with van der Waals surface area (Å²) in [5.41, 5.74) is 6.78. The van der Waals surface area contributed by atoms with Crippen molar-refractivity contribution >= 4 is 0 Å². The minimum atomic E-state index is 0.250. The summed E-state index contributed by atoms with van der Waals surface area (Å²) in [4.78, 5) is 2.56. The first-order valence-electron chi connectivity index (χ1n) is 7.61. The zero-order valence-electron chi connectivity index (χ0n) is 13.4. The summed E-state index contributed by atoms with van der Waals surface area (Å²) in [6.07, 6.45) is 5.30. The monoisotopic (exact) mass is 254 g/mol. The van der Waals surface area contributed by atoms with Crippen LogP contribution in [0.15, 0.2) is 0 Å². The molecule has 1 rings (SSSR count). The molecule has 2 heteroatoms. The molecule has 0 amide bonds. The van der Waals surface area contributed by atoms with Crippen LogP contribution >= 0.6 is 0 Å². The van der Waals surface area contributed by atoms with Gasteiger partial charge in [0.15, 0.2) is 0 Å². The van der Waals surface area contributed by atoms with E-state index in [1.807, 2.05) is 0 Å². The van der Waals surface area contributed by atoms with E-state index in [0.717, 1.165) is 24.9 Å². The van der Waals surface area contributed by atoms with Crippen LogP contribution in [0.2, 0.25) is 0 Å². The molecule has 2 nitrogen and oxygen atoms in total. The second-order valence-corrected chi connectivity index (χ2v) is 7.95. The highest BCUT2D eigenvalue weighted by molar-refractivity contribution is 4.97. The van der Waals surface area contributed by atoms with Crippen molar-refractivity contribution in [3.05, 3.63) is 0 Å². The summed E-state index contributed by atoms with van der Waals surface area (Å²) in [6, 6.07) is 0. The Bertz CT molecular complexity index is 254. The van der Waals surface area contributed by atoms with Crippen LogP contribution in [0, 0.1) is 17.3 Å². The fourth-order valence-corrected chi connectivity index (χ4v) is 3.52. The first-order valence-corrected chi connectivity index (χ1v) is 7.61. The van der Waals surface area contributed by atoms with Gasteiger partial charge < -0.3 is 5.73 Å². The molecule has 0 aromatic carbocycles. The van der Waals surface area contributed by atoms with E-state index in [0.29, 0.717) is 5.41 Å². The third kappa shape index (κ3) is 3.96. The number of hydrogen-bond donors (Lipinski definition) is 1. The number of rotatable bonds is 4. The fourth-order valence-electron chi connectivity index (χ4n) is 3.52. The molecule has 1 fully saturated rings. The molecule has 0 aromatic rings. The van der Waals surface area contributed by atoms with E-state index in [2.05, 4.69) is 46.6 Å². The first-order chi connectivity index (χ1) is 8.20. The molecule has 2 atom stereocenters. The van der Waals surface area contributed by atoms with E-state index in [1.54, 1.807) is 0 Å². The van der Waals surface area contributed by atoms with Gasteiger partial charge in [0.1, 0.15) is 0 Å². The van der Waals surface area contributed by atoms with Crippen LogP contribution in [0.3, 0.4) is 0 Å². The lowest BCUT2D eigenvalue weighted by Gasteiger charge is -2.49. The van der Waals surface area contributed by atoms with E-state index < -0.39 is 0 Å². The van der Waals surface area contributed by atoms with E-state index in [1.165, 1.54) is 25.7 Å². The van der Waals surface area contributed by atoms with Crippen molar-refractivity contribution < 1.29 is 0 Å². The molecule has 0 spiro atoms. The van der Waals surface area contributed by atoms with Crippen LogP contribution in [0.1, 0.15) is 60.3 Å². The first kappa shape index (κ1) is 16.0. The van der Waals surface area contributed by atoms with Crippen molar-refractivity contribution in [2.24, 2.45) is 23.0 Å². The number of nitrogens with zero attached hydrogens (tertiary/aromatic N) is 1. The summed E-state index contributed by atoms with van der Waals surface area (Å²) < 4.78 is 0. The SMILES string of the molecule is CC(C)C1CCCC(CN)(N(C)CC(C)(C)C)C1. The lowest BCUT2D eigenvalue weighted by Crippen LogP contribution is -2.57. The Morgan fingerprint density at radius 1 is 1.33 bits per heavy atom. The van der Waals surface area contributed by atoms with Crippen molar-refractivity contribution in [3.63, 3.8) is 0 Å². The highest BCUT2D eigenvalue weighted by Gasteiger charge is 2.40. The molecule has 0 aromatic heterocycles.